The van der Waals surface area contributed by atoms with Crippen molar-refractivity contribution >= 4 is 62.3 Å². The van der Waals surface area contributed by atoms with Crippen LogP contribution in [0.5, 0.6) is 0 Å². The van der Waals surface area contributed by atoms with Gasteiger partial charge in [0.15, 0.2) is 21.0 Å². The summed E-state index contributed by atoms with van der Waals surface area (Å²) in [5.74, 6) is 0.710. The highest BCUT2D eigenvalue weighted by Crippen LogP contribution is 2.27. The molecule has 0 aliphatic rings. The fourth-order valence-corrected chi connectivity index (χ4v) is 4.20. The van der Waals surface area contributed by atoms with Crippen LogP contribution in [0.1, 0.15) is 18.4 Å². The molecule has 2 amide bonds. The first-order chi connectivity index (χ1) is 14.0. The Hall–Kier alpha value is -2.95. The quantitative estimate of drug-likeness (QED) is 0.434. The fraction of sp³-hybridized carbons (Fsp3) is 0.111. The van der Waals surface area contributed by atoms with Crippen molar-refractivity contribution in [2.24, 2.45) is 0 Å². The predicted octanol–water partition coefficient (Wildman–Crippen LogP) is 4.05. The van der Waals surface area contributed by atoms with E-state index in [4.69, 9.17) is 16.0 Å². The number of halogens is 1. The number of rotatable bonds is 6. The molecular formula is C18H14ClN5O3S2. The van der Waals surface area contributed by atoms with Crippen molar-refractivity contribution < 1.29 is 14.0 Å². The van der Waals surface area contributed by atoms with E-state index in [1.807, 2.05) is 16.0 Å². The first-order valence-electron chi connectivity index (χ1n) is 8.39. The number of thiazole rings is 2. The number of nitrogens with one attached hydrogen (secondary N) is 2. The lowest BCUT2D eigenvalue weighted by Gasteiger charge is -1.97. The third kappa shape index (κ3) is 4.39. The number of carbonyl (C=O) groups excluding carboxylic acids is 2. The first-order valence-corrected chi connectivity index (χ1v) is 10.5. The van der Waals surface area contributed by atoms with Crippen LogP contribution in [0, 0.1) is 0 Å². The molecule has 4 aromatic rings. The Morgan fingerprint density at radius 2 is 2.17 bits per heavy atom. The summed E-state index contributed by atoms with van der Waals surface area (Å²) in [6, 6.07) is 3.54. The molecule has 0 atom stereocenters. The Balaban J connectivity index is 1.41. The van der Waals surface area contributed by atoms with Crippen molar-refractivity contribution in [2.75, 3.05) is 5.32 Å². The maximum atomic E-state index is 12.2. The van der Waals surface area contributed by atoms with E-state index in [9.17, 15) is 9.59 Å². The van der Waals surface area contributed by atoms with E-state index in [-0.39, 0.29) is 11.8 Å². The molecule has 29 heavy (non-hydrogen) atoms. The molecule has 0 bridgehead atoms. The van der Waals surface area contributed by atoms with Crippen molar-refractivity contribution in [3.05, 3.63) is 51.8 Å². The fourth-order valence-electron chi connectivity index (χ4n) is 2.49. The number of hydrogen-bond donors (Lipinski definition) is 2. The summed E-state index contributed by atoms with van der Waals surface area (Å²) < 4.78 is 7.47. The molecule has 4 heterocycles. The van der Waals surface area contributed by atoms with Gasteiger partial charge in [-0.25, -0.2) is 9.97 Å². The molecule has 0 radical (unpaired) electrons. The van der Waals surface area contributed by atoms with Crippen LogP contribution in [0.25, 0.3) is 22.5 Å². The zero-order valence-electron chi connectivity index (χ0n) is 15.0. The monoisotopic (exact) mass is 447 g/mol. The number of aromatic nitrogens is 3. The molecule has 0 saturated carbocycles. The Kier molecular flexibility index (Phi) is 5.47. The van der Waals surface area contributed by atoms with Gasteiger partial charge >= 0.3 is 0 Å². The summed E-state index contributed by atoms with van der Waals surface area (Å²) in [5, 5.41) is 9.83. The largest absolute Gasteiger partial charge is 0.458 e. The summed E-state index contributed by atoms with van der Waals surface area (Å²) >= 11 is 8.86. The van der Waals surface area contributed by atoms with Gasteiger partial charge in [-0.1, -0.05) is 11.6 Å². The highest BCUT2D eigenvalue weighted by atomic mass is 35.5. The van der Waals surface area contributed by atoms with E-state index in [0.717, 1.165) is 4.96 Å². The van der Waals surface area contributed by atoms with Gasteiger partial charge in [-0.05, 0) is 18.2 Å². The van der Waals surface area contributed by atoms with Crippen LogP contribution < -0.4 is 10.6 Å². The molecule has 11 heteroatoms. The van der Waals surface area contributed by atoms with Crippen LogP contribution >= 0.6 is 34.3 Å². The second-order valence-electron chi connectivity index (χ2n) is 5.88. The molecular weight excluding hydrogens is 434 g/mol. The number of nitrogens with zero attached hydrogens (tertiary/aromatic N) is 3. The second kappa shape index (κ2) is 8.19. The van der Waals surface area contributed by atoms with Crippen LogP contribution in [0.2, 0.25) is 5.15 Å². The lowest BCUT2D eigenvalue weighted by atomic mass is 10.3. The van der Waals surface area contributed by atoms with Crippen LogP contribution in [0.15, 0.2) is 39.6 Å². The van der Waals surface area contributed by atoms with Gasteiger partial charge < -0.3 is 9.73 Å². The number of carbonyl (C=O) groups is 2. The molecule has 0 aliphatic carbocycles. The molecule has 4 aromatic heterocycles. The van der Waals surface area contributed by atoms with Crippen molar-refractivity contribution in [1.82, 2.24) is 19.7 Å². The summed E-state index contributed by atoms with van der Waals surface area (Å²) in [6.07, 6.45) is 4.83. The summed E-state index contributed by atoms with van der Waals surface area (Å²) in [5.41, 5.74) is 1.24. The molecule has 0 fully saturated rings. The lowest BCUT2D eigenvalue weighted by Crippen LogP contribution is -2.18. The smallest absolute Gasteiger partial charge is 0.250 e. The number of amides is 2. The average molecular weight is 448 g/mol. The summed E-state index contributed by atoms with van der Waals surface area (Å²) in [7, 11) is 0. The summed E-state index contributed by atoms with van der Waals surface area (Å²) in [6.45, 7) is 1.75. The van der Waals surface area contributed by atoms with E-state index in [1.54, 1.807) is 23.6 Å². The minimum absolute atomic E-state index is 0.133. The maximum Gasteiger partial charge on any atom is 0.250 e. The van der Waals surface area contributed by atoms with Gasteiger partial charge in [-0.3, -0.25) is 19.3 Å². The Morgan fingerprint density at radius 1 is 1.31 bits per heavy atom. The average Bonchev–Trinajstić information content (AvgIpc) is 3.43. The van der Waals surface area contributed by atoms with Gasteiger partial charge in [0.2, 0.25) is 11.8 Å². The van der Waals surface area contributed by atoms with Crippen molar-refractivity contribution in [1.29, 1.82) is 0 Å². The number of anilines is 1. The number of fused-ring (bicyclic) bond motifs is 1. The molecule has 0 spiro atoms. The van der Waals surface area contributed by atoms with Crippen molar-refractivity contribution in [3.8, 4) is 11.5 Å². The third-order valence-electron chi connectivity index (χ3n) is 3.81. The van der Waals surface area contributed by atoms with E-state index in [2.05, 4.69) is 20.6 Å². The Morgan fingerprint density at radius 3 is 3.00 bits per heavy atom. The molecule has 0 unspecified atom stereocenters. The normalized spacial score (nSPS) is 11.4. The summed E-state index contributed by atoms with van der Waals surface area (Å²) in [4.78, 5) is 32.5. The SMILES string of the molecule is CC(=O)NCc1ccc(-c2csc(NC(=O)C=Cc3c(Cl)nc4sccn34)n2)o1. The first kappa shape index (κ1) is 19.4. The zero-order chi connectivity index (χ0) is 20.4. The third-order valence-corrected chi connectivity index (χ3v) is 5.60. The molecule has 0 aromatic carbocycles. The molecule has 4 rings (SSSR count). The Labute approximate surface area is 177 Å². The molecule has 148 valence electrons. The number of hydrogen-bond acceptors (Lipinski definition) is 7. The van der Waals surface area contributed by atoms with Crippen LogP contribution in [0.4, 0.5) is 5.13 Å². The van der Waals surface area contributed by atoms with E-state index in [1.165, 1.54) is 35.7 Å². The van der Waals surface area contributed by atoms with Crippen molar-refractivity contribution in [2.45, 2.75) is 13.5 Å². The molecule has 2 N–H and O–H groups in total. The zero-order valence-corrected chi connectivity index (χ0v) is 17.4. The molecule has 8 nitrogen and oxygen atoms in total. The van der Waals surface area contributed by atoms with E-state index >= 15 is 0 Å². The topological polar surface area (TPSA) is 102 Å². The standard InChI is InChI=1S/C18H14ClN5O3S2/c1-10(25)20-8-11-2-4-14(27-11)12-9-29-17(21-12)22-15(26)5-3-13-16(19)23-18-24(13)6-7-28-18/h2-7,9H,8H2,1H3,(H,20,25)(H,21,22,26). The van der Waals surface area contributed by atoms with Crippen LogP contribution in [-0.4, -0.2) is 26.2 Å². The highest BCUT2D eigenvalue weighted by molar-refractivity contribution is 7.15. The van der Waals surface area contributed by atoms with E-state index < -0.39 is 0 Å². The van der Waals surface area contributed by atoms with Gasteiger partial charge in [0.1, 0.15) is 11.5 Å². The van der Waals surface area contributed by atoms with Crippen LogP contribution in [0.3, 0.4) is 0 Å². The number of imidazole rings is 1. The minimum Gasteiger partial charge on any atom is -0.458 e. The minimum atomic E-state index is -0.335. The lowest BCUT2D eigenvalue weighted by molar-refractivity contribution is -0.119. The van der Waals surface area contributed by atoms with Gasteiger partial charge in [-0.2, -0.15) is 0 Å². The number of furan rings is 1. The van der Waals surface area contributed by atoms with Crippen molar-refractivity contribution in [3.63, 3.8) is 0 Å². The van der Waals surface area contributed by atoms with Crippen LogP contribution in [-0.2, 0) is 16.1 Å². The van der Waals surface area contributed by atoms with Gasteiger partial charge in [0, 0.05) is 30.0 Å². The predicted molar refractivity (Wildman–Crippen MR) is 113 cm³/mol. The van der Waals surface area contributed by atoms with Gasteiger partial charge in [-0.15, -0.1) is 22.7 Å². The maximum absolute atomic E-state index is 12.2. The molecule has 0 aliphatic heterocycles. The Bertz CT molecular complexity index is 1220. The molecule has 0 saturated heterocycles. The van der Waals surface area contributed by atoms with E-state index in [0.29, 0.717) is 39.7 Å². The van der Waals surface area contributed by atoms with Gasteiger partial charge in [0.25, 0.3) is 0 Å². The van der Waals surface area contributed by atoms with Gasteiger partial charge in [0.05, 0.1) is 12.2 Å². The highest BCUT2D eigenvalue weighted by Gasteiger charge is 2.12. The second-order valence-corrected chi connectivity index (χ2v) is 7.97.